The SMILES string of the molecule is CCOC(=O)COC(=O)c1cc(Oc2ccc(C(F)(F)F)cc2Cl)ccc1[N+](=O)[O-].C[C@@H](Oc1ccc(Oc2ncc(Cl)cc2F)cc1)C(=O)O. The zero-order valence-electron chi connectivity index (χ0n) is 26.1. The highest BCUT2D eigenvalue weighted by Crippen LogP contribution is 2.37. The van der Waals surface area contributed by atoms with Gasteiger partial charge in [0.25, 0.3) is 11.6 Å². The van der Waals surface area contributed by atoms with Gasteiger partial charge in [-0.25, -0.2) is 23.8 Å². The van der Waals surface area contributed by atoms with Crippen LogP contribution in [0.5, 0.6) is 28.9 Å². The molecule has 1 aromatic heterocycles. The van der Waals surface area contributed by atoms with Crippen molar-refractivity contribution in [3.8, 4) is 28.9 Å². The minimum atomic E-state index is -4.61. The van der Waals surface area contributed by atoms with Gasteiger partial charge in [0.1, 0.15) is 28.6 Å². The van der Waals surface area contributed by atoms with Crippen molar-refractivity contribution in [2.24, 2.45) is 0 Å². The first-order valence-corrected chi connectivity index (χ1v) is 14.9. The van der Waals surface area contributed by atoms with Crippen molar-refractivity contribution >= 4 is 46.8 Å². The number of halogens is 6. The Labute approximate surface area is 295 Å². The van der Waals surface area contributed by atoms with E-state index >= 15 is 0 Å². The number of hydrogen-bond acceptors (Lipinski definition) is 11. The fourth-order valence-corrected chi connectivity index (χ4v) is 3.99. The molecule has 4 rings (SSSR count). The van der Waals surface area contributed by atoms with Crippen LogP contribution in [0.2, 0.25) is 10.0 Å². The van der Waals surface area contributed by atoms with Crippen LogP contribution in [0.15, 0.2) is 72.9 Å². The van der Waals surface area contributed by atoms with Gasteiger partial charge in [0, 0.05) is 18.3 Å². The van der Waals surface area contributed by atoms with E-state index in [4.69, 9.17) is 47.3 Å². The van der Waals surface area contributed by atoms with E-state index in [1.807, 2.05) is 0 Å². The monoisotopic (exact) mass is 758 g/mol. The number of ether oxygens (including phenoxy) is 5. The Morgan fingerprint density at radius 2 is 1.59 bits per heavy atom. The van der Waals surface area contributed by atoms with Crippen LogP contribution >= 0.6 is 23.2 Å². The Bertz CT molecular complexity index is 1890. The summed E-state index contributed by atoms with van der Waals surface area (Å²) in [4.78, 5) is 48.2. The molecule has 0 radical (unpaired) electrons. The molecule has 4 aromatic rings. The van der Waals surface area contributed by atoms with Crippen LogP contribution in [-0.2, 0) is 25.2 Å². The second-order valence-electron chi connectivity index (χ2n) is 9.67. The summed E-state index contributed by atoms with van der Waals surface area (Å²) in [6.07, 6.45) is -4.30. The number of pyridine rings is 1. The summed E-state index contributed by atoms with van der Waals surface area (Å²) < 4.78 is 76.7. The number of rotatable bonds is 12. The summed E-state index contributed by atoms with van der Waals surface area (Å²) in [5.74, 6) is -3.61. The van der Waals surface area contributed by atoms with Gasteiger partial charge in [-0.15, -0.1) is 0 Å². The van der Waals surface area contributed by atoms with Gasteiger partial charge in [0.05, 0.1) is 27.1 Å². The minimum Gasteiger partial charge on any atom is -0.479 e. The molecule has 19 heteroatoms. The van der Waals surface area contributed by atoms with E-state index in [1.165, 1.54) is 44.3 Å². The number of nitrogens with zero attached hydrogens (tertiary/aromatic N) is 2. The molecular formula is C32H24Cl2F4N2O11. The number of carboxylic acids is 1. The first-order chi connectivity index (χ1) is 24.0. The summed E-state index contributed by atoms with van der Waals surface area (Å²) in [6, 6.07) is 12.5. The molecule has 0 fully saturated rings. The standard InChI is InChI=1S/C18H13ClF3NO7.C14H11ClFNO4/c1-2-28-16(24)9-29-17(25)12-8-11(4-5-14(12)23(26)27)30-15-6-3-10(7-13(15)19)18(20,21)22;1-8(14(18)19)20-10-2-4-11(5-3-10)21-13-12(16)6-9(15)7-17-13/h3-8H,2,9H2,1H3;2-8H,1H3,(H,18,19)/t;8-/m.1/s1. The van der Waals surface area contributed by atoms with E-state index in [1.54, 1.807) is 0 Å². The van der Waals surface area contributed by atoms with Crippen LogP contribution in [0.1, 0.15) is 29.8 Å². The van der Waals surface area contributed by atoms with E-state index in [0.29, 0.717) is 17.6 Å². The van der Waals surface area contributed by atoms with E-state index in [9.17, 15) is 42.1 Å². The Hall–Kier alpha value is -5.68. The number of aliphatic carboxylic acids is 1. The topological polar surface area (TPSA) is 174 Å². The summed E-state index contributed by atoms with van der Waals surface area (Å²) in [5.41, 5.74) is -2.16. The lowest BCUT2D eigenvalue weighted by Gasteiger charge is -2.12. The molecule has 0 bridgehead atoms. The van der Waals surface area contributed by atoms with E-state index < -0.39 is 64.3 Å². The van der Waals surface area contributed by atoms with Gasteiger partial charge < -0.3 is 28.8 Å². The summed E-state index contributed by atoms with van der Waals surface area (Å²) in [7, 11) is 0. The molecule has 13 nitrogen and oxygen atoms in total. The van der Waals surface area contributed by atoms with E-state index in [0.717, 1.165) is 36.4 Å². The van der Waals surface area contributed by atoms with Gasteiger partial charge in [0.2, 0.25) is 0 Å². The van der Waals surface area contributed by atoms with Crippen molar-refractivity contribution in [2.45, 2.75) is 26.1 Å². The number of carboxylic acid groups (broad SMARTS) is 1. The number of nitro groups is 1. The summed E-state index contributed by atoms with van der Waals surface area (Å²) in [5, 5.41) is 19.7. The fraction of sp³-hybridized carbons (Fsp3) is 0.188. The summed E-state index contributed by atoms with van der Waals surface area (Å²) in [6.45, 7) is 2.24. The van der Waals surface area contributed by atoms with E-state index in [-0.39, 0.29) is 34.0 Å². The lowest BCUT2D eigenvalue weighted by atomic mass is 10.1. The number of benzene rings is 3. The molecule has 3 aromatic carbocycles. The van der Waals surface area contributed by atoms with Crippen LogP contribution in [0.4, 0.5) is 23.2 Å². The lowest BCUT2D eigenvalue weighted by Crippen LogP contribution is -2.22. The Morgan fingerprint density at radius 1 is 0.941 bits per heavy atom. The number of carbonyl (C=O) groups excluding carboxylic acids is 2. The number of carbonyl (C=O) groups is 3. The molecule has 0 saturated carbocycles. The van der Waals surface area contributed by atoms with E-state index in [2.05, 4.69) is 9.72 Å². The Balaban J connectivity index is 0.000000293. The van der Waals surface area contributed by atoms with Crippen LogP contribution in [-0.4, -0.2) is 52.2 Å². The molecule has 0 aliphatic carbocycles. The minimum absolute atomic E-state index is 0.0493. The summed E-state index contributed by atoms with van der Waals surface area (Å²) >= 11 is 11.4. The van der Waals surface area contributed by atoms with Crippen molar-refractivity contribution in [3.05, 3.63) is 110 Å². The molecule has 0 spiro atoms. The second-order valence-corrected chi connectivity index (χ2v) is 10.5. The predicted molar refractivity (Wildman–Crippen MR) is 170 cm³/mol. The first-order valence-electron chi connectivity index (χ1n) is 14.1. The number of nitro benzene ring substituents is 1. The molecule has 51 heavy (non-hydrogen) atoms. The zero-order valence-corrected chi connectivity index (χ0v) is 27.6. The maximum absolute atomic E-state index is 13.5. The predicted octanol–water partition coefficient (Wildman–Crippen LogP) is 8.30. The van der Waals surface area contributed by atoms with Crippen molar-refractivity contribution in [1.29, 1.82) is 0 Å². The molecule has 1 atom stereocenters. The third-order valence-corrected chi connectivity index (χ3v) is 6.47. The van der Waals surface area contributed by atoms with Gasteiger partial charge in [-0.2, -0.15) is 13.2 Å². The molecule has 0 saturated heterocycles. The molecule has 0 amide bonds. The molecule has 1 N–H and O–H groups in total. The van der Waals surface area contributed by atoms with Gasteiger partial charge in [-0.05, 0) is 68.4 Å². The van der Waals surface area contributed by atoms with Crippen LogP contribution in [0, 0.1) is 15.9 Å². The highest BCUT2D eigenvalue weighted by molar-refractivity contribution is 6.32. The third-order valence-electron chi connectivity index (χ3n) is 5.97. The van der Waals surface area contributed by atoms with Gasteiger partial charge >= 0.3 is 24.1 Å². The average molecular weight is 759 g/mol. The van der Waals surface area contributed by atoms with Crippen LogP contribution in [0.3, 0.4) is 0 Å². The molecule has 0 unspecified atom stereocenters. The van der Waals surface area contributed by atoms with Crippen molar-refractivity contribution < 1.29 is 65.7 Å². The van der Waals surface area contributed by atoms with Crippen LogP contribution in [0.25, 0.3) is 0 Å². The highest BCUT2D eigenvalue weighted by atomic mass is 35.5. The molecule has 1 heterocycles. The Morgan fingerprint density at radius 3 is 2.16 bits per heavy atom. The number of hydrogen-bond donors (Lipinski definition) is 1. The molecule has 0 aliphatic heterocycles. The fourth-order valence-electron chi connectivity index (χ4n) is 3.62. The largest absolute Gasteiger partial charge is 0.479 e. The first kappa shape index (κ1) is 39.8. The lowest BCUT2D eigenvalue weighted by molar-refractivity contribution is -0.385. The number of alkyl halides is 3. The molecular weight excluding hydrogens is 735 g/mol. The van der Waals surface area contributed by atoms with Crippen LogP contribution < -0.4 is 14.2 Å². The van der Waals surface area contributed by atoms with Crippen molar-refractivity contribution in [1.82, 2.24) is 4.98 Å². The quantitative estimate of drug-likeness (QED) is 0.0634. The van der Waals surface area contributed by atoms with Crippen molar-refractivity contribution in [3.63, 3.8) is 0 Å². The smallest absolute Gasteiger partial charge is 0.416 e. The van der Waals surface area contributed by atoms with Crippen molar-refractivity contribution in [2.75, 3.05) is 13.2 Å². The zero-order chi connectivity index (χ0) is 37.9. The molecule has 270 valence electrons. The number of aromatic nitrogens is 1. The third kappa shape index (κ3) is 12.0. The van der Waals surface area contributed by atoms with Gasteiger partial charge in [0.15, 0.2) is 18.5 Å². The molecule has 0 aliphatic rings. The maximum Gasteiger partial charge on any atom is 0.416 e. The Kier molecular flexibility index (Phi) is 13.9. The normalized spacial score (nSPS) is 11.3. The average Bonchev–Trinajstić information content (AvgIpc) is 3.06. The van der Waals surface area contributed by atoms with Gasteiger partial charge in [-0.3, -0.25) is 10.1 Å². The number of esters is 2. The van der Waals surface area contributed by atoms with Gasteiger partial charge in [-0.1, -0.05) is 23.2 Å². The maximum atomic E-state index is 13.5. The highest BCUT2D eigenvalue weighted by Gasteiger charge is 2.31. The second kappa shape index (κ2) is 17.8.